The smallest absolute Gasteiger partial charge is 0.320 e. The van der Waals surface area contributed by atoms with Gasteiger partial charge in [0, 0.05) is 6.42 Å². The molecule has 0 spiro atoms. The van der Waals surface area contributed by atoms with E-state index in [0.29, 0.717) is 0 Å². The van der Waals surface area contributed by atoms with Gasteiger partial charge in [-0.2, -0.15) is 18.3 Å². The Bertz CT molecular complexity index is 362. The molecule has 15 heavy (non-hydrogen) atoms. The standard InChI is InChI=1S/C6H7F3N4O2/c7-6(8,9)5(10)1-3-4(13(14)15)2-11-12-3/h2,5H,1,10H2,(H,11,12). The van der Waals surface area contributed by atoms with Gasteiger partial charge in [-0.1, -0.05) is 0 Å². The van der Waals surface area contributed by atoms with Gasteiger partial charge in [0.1, 0.15) is 17.9 Å². The number of H-pyrrole nitrogens is 1. The lowest BCUT2D eigenvalue weighted by Crippen LogP contribution is -2.39. The second-order valence-corrected chi connectivity index (χ2v) is 2.84. The van der Waals surface area contributed by atoms with Crippen molar-refractivity contribution in [1.82, 2.24) is 10.2 Å². The molecule has 1 rings (SSSR count). The van der Waals surface area contributed by atoms with E-state index in [1.165, 1.54) is 0 Å². The molecule has 84 valence electrons. The van der Waals surface area contributed by atoms with Crippen LogP contribution in [-0.4, -0.2) is 27.3 Å². The largest absolute Gasteiger partial charge is 0.404 e. The highest BCUT2D eigenvalue weighted by Crippen LogP contribution is 2.24. The molecule has 0 radical (unpaired) electrons. The first kappa shape index (κ1) is 11.4. The summed E-state index contributed by atoms with van der Waals surface area (Å²) < 4.78 is 36.1. The van der Waals surface area contributed by atoms with Crippen molar-refractivity contribution in [2.24, 2.45) is 5.73 Å². The minimum Gasteiger partial charge on any atom is -0.320 e. The van der Waals surface area contributed by atoms with Gasteiger partial charge in [0.25, 0.3) is 0 Å². The van der Waals surface area contributed by atoms with E-state index in [1.807, 2.05) is 0 Å². The summed E-state index contributed by atoms with van der Waals surface area (Å²) in [4.78, 5) is 9.52. The van der Waals surface area contributed by atoms with Crippen molar-refractivity contribution >= 4 is 5.69 Å². The van der Waals surface area contributed by atoms with Crippen LogP contribution >= 0.6 is 0 Å². The molecule has 0 aromatic carbocycles. The first-order valence-electron chi connectivity index (χ1n) is 3.81. The molecule has 0 aliphatic heterocycles. The van der Waals surface area contributed by atoms with Crippen molar-refractivity contribution in [3.8, 4) is 0 Å². The van der Waals surface area contributed by atoms with Crippen LogP contribution in [0.3, 0.4) is 0 Å². The maximum Gasteiger partial charge on any atom is 0.404 e. The van der Waals surface area contributed by atoms with Crippen LogP contribution < -0.4 is 5.73 Å². The second kappa shape index (κ2) is 3.85. The van der Waals surface area contributed by atoms with Gasteiger partial charge < -0.3 is 5.73 Å². The first-order chi connectivity index (χ1) is 6.82. The molecule has 6 nitrogen and oxygen atoms in total. The summed E-state index contributed by atoms with van der Waals surface area (Å²) in [5.74, 6) is 0. The molecule has 0 aliphatic carbocycles. The van der Waals surface area contributed by atoms with E-state index in [2.05, 4.69) is 10.2 Å². The molecule has 0 saturated carbocycles. The van der Waals surface area contributed by atoms with Gasteiger partial charge in [0.05, 0.1) is 4.92 Å². The van der Waals surface area contributed by atoms with Gasteiger partial charge in [0.15, 0.2) is 0 Å². The lowest BCUT2D eigenvalue weighted by atomic mass is 10.1. The fraction of sp³-hybridized carbons (Fsp3) is 0.500. The van der Waals surface area contributed by atoms with Crippen molar-refractivity contribution in [2.45, 2.75) is 18.6 Å². The number of aromatic nitrogens is 2. The molecule has 0 saturated heterocycles. The van der Waals surface area contributed by atoms with E-state index >= 15 is 0 Å². The molecular weight excluding hydrogens is 217 g/mol. The summed E-state index contributed by atoms with van der Waals surface area (Å²) in [7, 11) is 0. The average Bonchev–Trinajstić information content (AvgIpc) is 2.50. The minimum absolute atomic E-state index is 0.232. The summed E-state index contributed by atoms with van der Waals surface area (Å²) in [6, 6.07) is -2.14. The highest BCUT2D eigenvalue weighted by atomic mass is 19.4. The Kier molecular flexibility index (Phi) is 2.93. The van der Waals surface area contributed by atoms with Crippen LogP contribution in [0.2, 0.25) is 0 Å². The molecule has 0 bridgehead atoms. The number of alkyl halides is 3. The third kappa shape index (κ3) is 2.65. The maximum absolute atomic E-state index is 12.0. The van der Waals surface area contributed by atoms with Crippen LogP contribution in [0.25, 0.3) is 0 Å². The van der Waals surface area contributed by atoms with Gasteiger partial charge in [-0.15, -0.1) is 0 Å². The Morgan fingerprint density at radius 1 is 1.67 bits per heavy atom. The second-order valence-electron chi connectivity index (χ2n) is 2.84. The van der Waals surface area contributed by atoms with Gasteiger partial charge in [0.2, 0.25) is 0 Å². The maximum atomic E-state index is 12.0. The minimum atomic E-state index is -4.58. The number of nitro groups is 1. The molecule has 0 fully saturated rings. The number of nitrogens with two attached hydrogens (primary N) is 1. The van der Waals surface area contributed by atoms with Crippen LogP contribution in [0.1, 0.15) is 5.69 Å². The van der Waals surface area contributed by atoms with Crippen molar-refractivity contribution < 1.29 is 18.1 Å². The molecule has 0 amide bonds. The van der Waals surface area contributed by atoms with Crippen LogP contribution in [0.5, 0.6) is 0 Å². The van der Waals surface area contributed by atoms with Crippen LogP contribution in [0.4, 0.5) is 18.9 Å². The van der Waals surface area contributed by atoms with Crippen LogP contribution in [0, 0.1) is 10.1 Å². The Morgan fingerprint density at radius 2 is 2.27 bits per heavy atom. The monoisotopic (exact) mass is 224 g/mol. The molecule has 1 aromatic heterocycles. The molecule has 0 aliphatic rings. The topological polar surface area (TPSA) is 97.8 Å². The molecule has 1 atom stereocenters. The number of aromatic amines is 1. The van der Waals surface area contributed by atoms with Gasteiger partial charge in [-0.05, 0) is 0 Å². The normalized spacial score (nSPS) is 13.9. The Morgan fingerprint density at radius 3 is 2.73 bits per heavy atom. The molecule has 1 heterocycles. The molecule has 1 unspecified atom stereocenters. The number of rotatable bonds is 3. The summed E-state index contributed by atoms with van der Waals surface area (Å²) in [5, 5.41) is 15.7. The number of halogens is 3. The predicted octanol–water partition coefficient (Wildman–Crippen LogP) is 0.750. The SMILES string of the molecule is NC(Cc1[nH]ncc1[N+](=O)[O-])C(F)(F)F. The molecule has 9 heteroatoms. The zero-order valence-corrected chi connectivity index (χ0v) is 7.28. The van der Waals surface area contributed by atoms with E-state index in [-0.39, 0.29) is 5.69 Å². The van der Waals surface area contributed by atoms with Crippen molar-refractivity contribution in [2.75, 3.05) is 0 Å². The van der Waals surface area contributed by atoms with Crippen molar-refractivity contribution in [3.05, 3.63) is 22.0 Å². The molecule has 3 N–H and O–H groups in total. The van der Waals surface area contributed by atoms with Crippen molar-refractivity contribution in [3.63, 3.8) is 0 Å². The zero-order chi connectivity index (χ0) is 11.6. The Hall–Kier alpha value is -1.64. The Balaban J connectivity index is 2.81. The molecular formula is C6H7F3N4O2. The lowest BCUT2D eigenvalue weighted by Gasteiger charge is -2.13. The van der Waals surface area contributed by atoms with E-state index in [1.54, 1.807) is 0 Å². The van der Waals surface area contributed by atoms with Gasteiger partial charge in [-0.3, -0.25) is 15.2 Å². The highest BCUT2D eigenvalue weighted by molar-refractivity contribution is 5.32. The Labute approximate surface area is 81.4 Å². The third-order valence-corrected chi connectivity index (χ3v) is 1.74. The van der Waals surface area contributed by atoms with E-state index in [4.69, 9.17) is 5.73 Å². The number of nitrogens with one attached hydrogen (secondary N) is 1. The quantitative estimate of drug-likeness (QED) is 0.584. The van der Waals surface area contributed by atoms with Crippen LogP contribution in [0.15, 0.2) is 6.20 Å². The van der Waals surface area contributed by atoms with Crippen molar-refractivity contribution in [1.29, 1.82) is 0 Å². The first-order valence-corrected chi connectivity index (χ1v) is 3.81. The summed E-state index contributed by atoms with van der Waals surface area (Å²) in [6.07, 6.45) is -4.43. The number of hydrogen-bond acceptors (Lipinski definition) is 4. The lowest BCUT2D eigenvalue weighted by molar-refractivity contribution is -0.385. The van der Waals surface area contributed by atoms with E-state index < -0.39 is 29.2 Å². The summed E-state index contributed by atoms with van der Waals surface area (Å²) in [6.45, 7) is 0. The highest BCUT2D eigenvalue weighted by Gasteiger charge is 2.38. The average molecular weight is 224 g/mol. The number of nitrogens with zero attached hydrogens (tertiary/aromatic N) is 2. The van der Waals surface area contributed by atoms with Crippen LogP contribution in [-0.2, 0) is 6.42 Å². The fourth-order valence-corrected chi connectivity index (χ4v) is 0.950. The van der Waals surface area contributed by atoms with Gasteiger partial charge in [-0.25, -0.2) is 0 Å². The van der Waals surface area contributed by atoms with E-state index in [0.717, 1.165) is 6.20 Å². The fourth-order valence-electron chi connectivity index (χ4n) is 0.950. The van der Waals surface area contributed by atoms with Gasteiger partial charge >= 0.3 is 11.9 Å². The summed E-state index contributed by atoms with van der Waals surface area (Å²) >= 11 is 0. The van der Waals surface area contributed by atoms with E-state index in [9.17, 15) is 23.3 Å². The zero-order valence-electron chi connectivity index (χ0n) is 7.28. The summed E-state index contributed by atoms with van der Waals surface area (Å²) in [5.41, 5.74) is 4.09. The third-order valence-electron chi connectivity index (χ3n) is 1.74. The number of hydrogen-bond donors (Lipinski definition) is 2. The molecule has 1 aromatic rings. The predicted molar refractivity (Wildman–Crippen MR) is 43.0 cm³/mol.